The zero-order valence-corrected chi connectivity index (χ0v) is 21.9. The summed E-state index contributed by atoms with van der Waals surface area (Å²) in [5.74, 6) is 0.557. The van der Waals surface area contributed by atoms with Crippen molar-refractivity contribution in [3.05, 3.63) is 34.3 Å². The molecule has 2 saturated heterocycles. The van der Waals surface area contributed by atoms with Gasteiger partial charge in [0.15, 0.2) is 0 Å². The van der Waals surface area contributed by atoms with Gasteiger partial charge in [-0.1, -0.05) is 17.7 Å². The van der Waals surface area contributed by atoms with Crippen LogP contribution >= 0.6 is 11.6 Å². The van der Waals surface area contributed by atoms with Crippen molar-refractivity contribution in [3.63, 3.8) is 0 Å². The Kier molecular flexibility index (Phi) is 8.68. The van der Waals surface area contributed by atoms with Gasteiger partial charge in [-0.05, 0) is 61.6 Å². The maximum atomic E-state index is 13.4. The number of fused-ring (bicyclic) bond motifs is 1. The second-order valence-electron chi connectivity index (χ2n) is 10.4. The monoisotopic (exact) mass is 524 g/mol. The molecule has 1 aromatic rings. The Morgan fingerprint density at radius 1 is 1.16 bits per heavy atom. The first kappa shape index (κ1) is 26.9. The number of benzene rings is 1. The van der Waals surface area contributed by atoms with Crippen LogP contribution in [0.3, 0.4) is 0 Å². The minimum Gasteiger partial charge on any atom is -0.342 e. The van der Waals surface area contributed by atoms with E-state index in [0.717, 1.165) is 37.7 Å². The van der Waals surface area contributed by atoms with Gasteiger partial charge in [0, 0.05) is 32.7 Å². The molecule has 10 heteroatoms. The van der Waals surface area contributed by atoms with Crippen molar-refractivity contribution in [1.82, 2.24) is 20.0 Å². The van der Waals surface area contributed by atoms with E-state index in [1.165, 1.54) is 0 Å². The predicted molar refractivity (Wildman–Crippen MR) is 137 cm³/mol. The smallest absolute Gasteiger partial charge is 0.242 e. The van der Waals surface area contributed by atoms with Crippen molar-refractivity contribution in [1.29, 1.82) is 10.5 Å². The van der Waals surface area contributed by atoms with Gasteiger partial charge >= 0.3 is 0 Å². The van der Waals surface area contributed by atoms with Crippen LogP contribution in [0.1, 0.15) is 49.7 Å². The summed E-state index contributed by atoms with van der Waals surface area (Å²) in [6.07, 6.45) is 4.56. The summed E-state index contributed by atoms with van der Waals surface area (Å²) in [5, 5.41) is 21.7. The Hall–Kier alpha value is -3.14. The van der Waals surface area contributed by atoms with Crippen molar-refractivity contribution in [2.45, 2.75) is 51.1 Å². The standard InChI is InChI=1S/C27H33ClN6O3/c1-32(15-18-2-3-21(14-30)23(28)12-18)26(36)16-34-17-31-24-5-4-20(13-22(24)27(34)37)19-7-10-33(11-8-19)25(35)6-9-29/h2-3,12,19-20,22,24,31H,4-8,10-11,13,15-17H2,1H3. The molecule has 1 N–H and O–H groups in total. The molecule has 3 unspecified atom stereocenters. The molecule has 0 bridgehead atoms. The molecule has 4 rings (SSSR count). The number of carbonyl (C=O) groups excluding carboxylic acids is 3. The van der Waals surface area contributed by atoms with E-state index in [-0.39, 0.29) is 42.6 Å². The molecule has 2 aliphatic heterocycles. The zero-order valence-electron chi connectivity index (χ0n) is 21.2. The third-order valence-electron chi connectivity index (χ3n) is 8.18. The van der Waals surface area contributed by atoms with Crippen molar-refractivity contribution < 1.29 is 14.4 Å². The van der Waals surface area contributed by atoms with E-state index in [4.69, 9.17) is 22.1 Å². The van der Waals surface area contributed by atoms with Crippen LogP contribution in [0.2, 0.25) is 5.02 Å². The number of likely N-dealkylation sites (N-methyl/N-ethyl adjacent to an activating group) is 1. The molecule has 196 valence electrons. The summed E-state index contributed by atoms with van der Waals surface area (Å²) in [4.78, 5) is 43.4. The summed E-state index contributed by atoms with van der Waals surface area (Å²) in [5.41, 5.74) is 1.21. The second kappa shape index (κ2) is 11.9. The van der Waals surface area contributed by atoms with Crippen LogP contribution in [-0.2, 0) is 20.9 Å². The number of hydrogen-bond acceptors (Lipinski definition) is 6. The highest BCUT2D eigenvalue weighted by Gasteiger charge is 2.43. The van der Waals surface area contributed by atoms with Crippen LogP contribution in [0, 0.1) is 40.4 Å². The summed E-state index contributed by atoms with van der Waals surface area (Å²) in [6.45, 7) is 2.08. The number of carbonyl (C=O) groups is 3. The number of hydrogen-bond donors (Lipinski definition) is 1. The van der Waals surface area contributed by atoms with Gasteiger partial charge < -0.3 is 14.7 Å². The van der Waals surface area contributed by atoms with Crippen molar-refractivity contribution in [2.75, 3.05) is 33.4 Å². The van der Waals surface area contributed by atoms with E-state index in [0.29, 0.717) is 48.7 Å². The molecule has 3 amide bonds. The lowest BCUT2D eigenvalue weighted by molar-refractivity contribution is -0.148. The number of amides is 3. The quantitative estimate of drug-likeness (QED) is 0.610. The highest BCUT2D eigenvalue weighted by Crippen LogP contribution is 2.40. The first-order valence-corrected chi connectivity index (χ1v) is 13.3. The van der Waals surface area contributed by atoms with E-state index in [9.17, 15) is 14.4 Å². The number of rotatable bonds is 6. The SMILES string of the molecule is CN(Cc1ccc(C#N)c(Cl)c1)C(=O)CN1CNC2CCC(C3CCN(C(=O)CC#N)CC3)CC2C1=O. The van der Waals surface area contributed by atoms with Gasteiger partial charge in [0.05, 0.1) is 29.2 Å². The van der Waals surface area contributed by atoms with Crippen molar-refractivity contribution >= 4 is 29.3 Å². The molecular weight excluding hydrogens is 492 g/mol. The molecule has 9 nitrogen and oxygen atoms in total. The van der Waals surface area contributed by atoms with E-state index in [1.54, 1.807) is 39.9 Å². The molecule has 1 aromatic carbocycles. The molecular formula is C27H33ClN6O3. The number of likely N-dealkylation sites (tertiary alicyclic amines) is 1. The summed E-state index contributed by atoms with van der Waals surface area (Å²) in [6, 6.07) is 9.21. The molecule has 37 heavy (non-hydrogen) atoms. The highest BCUT2D eigenvalue weighted by atomic mass is 35.5. The van der Waals surface area contributed by atoms with Gasteiger partial charge in [-0.15, -0.1) is 0 Å². The normalized spacial score (nSPS) is 24.1. The average molecular weight is 525 g/mol. The van der Waals surface area contributed by atoms with Gasteiger partial charge in [-0.25, -0.2) is 0 Å². The predicted octanol–water partition coefficient (Wildman–Crippen LogP) is 2.50. The van der Waals surface area contributed by atoms with E-state index >= 15 is 0 Å². The van der Waals surface area contributed by atoms with Crippen LogP contribution in [-0.4, -0.2) is 71.8 Å². The molecule has 0 aromatic heterocycles. The minimum atomic E-state index is -0.157. The zero-order chi connectivity index (χ0) is 26.5. The number of nitrogens with one attached hydrogen (secondary N) is 1. The van der Waals surface area contributed by atoms with Crippen LogP contribution in [0.5, 0.6) is 0 Å². The summed E-state index contributed by atoms with van der Waals surface area (Å²) >= 11 is 6.12. The lowest BCUT2D eigenvalue weighted by atomic mass is 9.69. The van der Waals surface area contributed by atoms with Crippen LogP contribution < -0.4 is 5.32 Å². The Morgan fingerprint density at radius 2 is 1.92 bits per heavy atom. The van der Waals surface area contributed by atoms with Crippen molar-refractivity contribution in [3.8, 4) is 12.1 Å². The Balaban J connectivity index is 1.30. The first-order chi connectivity index (χ1) is 17.8. The third kappa shape index (κ3) is 6.23. The van der Waals surface area contributed by atoms with Gasteiger partial charge in [-0.3, -0.25) is 19.7 Å². The topological polar surface area (TPSA) is 121 Å². The lowest BCUT2D eigenvalue weighted by Gasteiger charge is -2.46. The first-order valence-electron chi connectivity index (χ1n) is 12.9. The number of piperidine rings is 1. The van der Waals surface area contributed by atoms with Crippen LogP contribution in [0.15, 0.2) is 18.2 Å². The van der Waals surface area contributed by atoms with Gasteiger partial charge in [-0.2, -0.15) is 10.5 Å². The molecule has 3 atom stereocenters. The fourth-order valence-electron chi connectivity index (χ4n) is 6.02. The number of nitriles is 2. The number of nitrogens with zero attached hydrogens (tertiary/aromatic N) is 5. The maximum absolute atomic E-state index is 13.4. The third-order valence-corrected chi connectivity index (χ3v) is 8.49. The number of halogens is 1. The molecule has 0 radical (unpaired) electrons. The summed E-state index contributed by atoms with van der Waals surface area (Å²) in [7, 11) is 1.70. The molecule has 2 heterocycles. The van der Waals surface area contributed by atoms with E-state index in [2.05, 4.69) is 5.32 Å². The molecule has 0 spiro atoms. The fourth-order valence-corrected chi connectivity index (χ4v) is 6.26. The summed E-state index contributed by atoms with van der Waals surface area (Å²) < 4.78 is 0. The van der Waals surface area contributed by atoms with Crippen LogP contribution in [0.4, 0.5) is 0 Å². The van der Waals surface area contributed by atoms with Crippen LogP contribution in [0.25, 0.3) is 0 Å². The average Bonchev–Trinajstić information content (AvgIpc) is 2.90. The molecule has 1 saturated carbocycles. The Labute approximate surface area is 222 Å². The van der Waals surface area contributed by atoms with E-state index < -0.39 is 0 Å². The Bertz CT molecular complexity index is 1120. The lowest BCUT2D eigenvalue weighted by Crippen LogP contribution is -2.60. The maximum Gasteiger partial charge on any atom is 0.242 e. The van der Waals surface area contributed by atoms with Gasteiger partial charge in [0.2, 0.25) is 17.7 Å². The molecule has 3 fully saturated rings. The Morgan fingerprint density at radius 3 is 2.59 bits per heavy atom. The molecule has 3 aliphatic rings. The van der Waals surface area contributed by atoms with Crippen molar-refractivity contribution in [2.24, 2.45) is 17.8 Å². The van der Waals surface area contributed by atoms with Gasteiger partial charge in [0.25, 0.3) is 0 Å². The van der Waals surface area contributed by atoms with E-state index in [1.807, 2.05) is 12.1 Å². The highest BCUT2D eigenvalue weighted by molar-refractivity contribution is 6.31. The molecule has 1 aliphatic carbocycles. The van der Waals surface area contributed by atoms with Gasteiger partial charge in [0.1, 0.15) is 19.0 Å². The largest absolute Gasteiger partial charge is 0.342 e. The fraction of sp³-hybridized carbons (Fsp3) is 0.593. The second-order valence-corrected chi connectivity index (χ2v) is 10.8. The minimum absolute atomic E-state index is 0.0135.